The fourth-order valence-electron chi connectivity index (χ4n) is 19.7. The Morgan fingerprint density at radius 1 is 0.156 bits per heavy atom. The zero-order valence-electron chi connectivity index (χ0n) is 88.8. The molecule has 0 N–H and O–H groups in total. The van der Waals surface area contributed by atoms with E-state index in [4.69, 9.17) is 151 Å². The molecule has 0 aliphatic rings. The third-order valence-electron chi connectivity index (χ3n) is 28.1. The summed E-state index contributed by atoms with van der Waals surface area (Å²) in [5, 5.41) is 0. The SMILES string of the molecule is CCCCCCCCCc1ccccc1[N+]([S-])(C(=S)[S-])c1ccccc1CCCCCCCCC.CCCCCCCCCc1ccccc1[N+]([S-])(C(=S)[S-])c1ccccc1CCCCCCCCC.CCCCCCCCCc1ccccc1[N+]([S-])(C(=S)[S-])c1ccccc1CCCCCCCCC.CCCCCCCCCc1ccccc1[N+]([S-])(C(=S)[S-])c1ccccc1CCCCCCCCC.[Mo+4]. The smallest absolute Gasteiger partial charge is 0.477 e. The summed E-state index contributed by atoms with van der Waals surface area (Å²) in [7, 11) is 0. The van der Waals surface area contributed by atoms with Gasteiger partial charge in [0.15, 0.2) is 0 Å². The number of nitrogens with zero attached hydrogens (tertiary/aromatic N) is 4. The van der Waals surface area contributed by atoms with Gasteiger partial charge in [0.2, 0.25) is 0 Å². The first-order valence-electron chi connectivity index (χ1n) is 56.2. The van der Waals surface area contributed by atoms with Crippen molar-refractivity contribution in [2.75, 3.05) is 0 Å². The van der Waals surface area contributed by atoms with Gasteiger partial charge in [0.05, 0.1) is 0 Å². The molecule has 8 rings (SSSR count). The molecule has 4 nitrogen and oxygen atoms in total. The van der Waals surface area contributed by atoms with E-state index in [1.54, 1.807) is 0 Å². The fraction of sp³-hybridized carbons (Fsp3) is 0.581. The minimum absolute atomic E-state index is 0. The van der Waals surface area contributed by atoms with E-state index in [1.165, 1.54) is 404 Å². The Morgan fingerprint density at radius 3 is 0.333 bits per heavy atom. The number of aryl methyl sites for hydroxylation is 8. The van der Waals surface area contributed by atoms with Gasteiger partial charge in [-0.25, -0.2) is 0 Å². The number of rotatable bonds is 72. The second-order valence-electron chi connectivity index (χ2n) is 39.5. The number of unbranched alkanes of at least 4 members (excludes halogenated alkanes) is 48. The minimum Gasteiger partial charge on any atom is -0.477 e. The van der Waals surface area contributed by atoms with Crippen molar-refractivity contribution in [3.05, 3.63) is 239 Å². The summed E-state index contributed by atoms with van der Waals surface area (Å²) >= 11 is 70.8. The first kappa shape index (κ1) is 130. The zero-order chi connectivity index (χ0) is 101. The van der Waals surface area contributed by atoms with Crippen LogP contribution in [0.25, 0.3) is 0 Å². The van der Waals surface area contributed by atoms with Crippen molar-refractivity contribution in [2.45, 2.75) is 466 Å². The molecule has 0 saturated heterocycles. The second kappa shape index (κ2) is 80.8. The molecular weight excluding hydrogens is 2030 g/mol. The monoisotopic (exact) mass is 2210 g/mol. The molecule has 17 heteroatoms. The van der Waals surface area contributed by atoms with Crippen molar-refractivity contribution in [2.24, 2.45) is 0 Å². The van der Waals surface area contributed by atoms with E-state index in [2.05, 4.69) is 250 Å². The number of hydrogen-bond donors (Lipinski definition) is 0. The van der Waals surface area contributed by atoms with Crippen molar-refractivity contribution in [3.63, 3.8) is 0 Å². The van der Waals surface area contributed by atoms with Gasteiger partial charge in [0.1, 0.15) is 45.5 Å². The van der Waals surface area contributed by atoms with Crippen LogP contribution in [-0.2, 0) is 174 Å². The molecule has 0 aliphatic heterocycles. The maximum Gasteiger partial charge on any atom is 4.00 e. The van der Waals surface area contributed by atoms with E-state index in [-0.39, 0.29) is 36.6 Å². The van der Waals surface area contributed by atoms with Crippen LogP contribution < -0.4 is 15.6 Å². The van der Waals surface area contributed by atoms with E-state index in [1.807, 2.05) is 0 Å². The van der Waals surface area contributed by atoms with Gasteiger partial charge >= 0.3 is 21.1 Å². The average Bonchev–Trinajstić information content (AvgIpc) is 0.775. The van der Waals surface area contributed by atoms with Gasteiger partial charge in [-0.15, -0.1) is 0 Å². The van der Waals surface area contributed by atoms with Gasteiger partial charge in [-0.05, 0) is 151 Å². The average molecular weight is 2210 g/mol. The van der Waals surface area contributed by atoms with E-state index < -0.39 is 0 Å². The molecule has 0 fully saturated rings. The summed E-state index contributed by atoms with van der Waals surface area (Å²) in [4.78, 5) is 0. The topological polar surface area (TPSA) is 0 Å². The molecule has 8 aromatic carbocycles. The normalized spacial score (nSPS) is 11.5. The van der Waals surface area contributed by atoms with Crippen molar-refractivity contribution in [1.82, 2.24) is 15.6 Å². The number of thiocarbonyl (C=S) groups is 4. The molecule has 0 saturated carbocycles. The third-order valence-corrected chi connectivity index (χ3v) is 33.5. The number of para-hydroxylation sites is 8. The third kappa shape index (κ3) is 47.6. The molecule has 0 atom stereocenters. The van der Waals surface area contributed by atoms with E-state index in [0.29, 0.717) is 17.3 Å². The van der Waals surface area contributed by atoms with Crippen molar-refractivity contribution < 1.29 is 21.1 Å². The number of quaternary nitrogens is 4. The van der Waals surface area contributed by atoms with Crippen molar-refractivity contribution in [3.8, 4) is 0 Å². The zero-order valence-corrected chi connectivity index (χ0v) is 101. The first-order chi connectivity index (χ1) is 68.2. The van der Waals surface area contributed by atoms with Gasteiger partial charge < -0.3 is 166 Å². The van der Waals surface area contributed by atoms with Crippen molar-refractivity contribution >= 4 is 213 Å². The van der Waals surface area contributed by atoms with Crippen LogP contribution in [0.15, 0.2) is 194 Å². The van der Waals surface area contributed by atoms with Crippen LogP contribution >= 0.6 is 48.9 Å². The summed E-state index contributed by atoms with van der Waals surface area (Å²) in [6.45, 7) is 18.2. The molecule has 778 valence electrons. The number of hydrogen-bond acceptors (Lipinski definition) is 12. The molecule has 0 radical (unpaired) electrons. The quantitative estimate of drug-likeness (QED) is 0.0117. The molecule has 0 aliphatic carbocycles. The Labute approximate surface area is 945 Å². The summed E-state index contributed by atoms with van der Waals surface area (Å²) in [5.41, 5.74) is 18.8. The van der Waals surface area contributed by atoms with E-state index >= 15 is 0 Å². The first-order valence-corrected chi connectivity index (χ1v) is 60.9. The Hall–Kier alpha value is -3.07. The summed E-state index contributed by atoms with van der Waals surface area (Å²) < 4.78 is 1.79. The van der Waals surface area contributed by atoms with Crippen LogP contribution in [0.3, 0.4) is 0 Å². The molecule has 0 bridgehead atoms. The molecular formula is C124H184MoN4S12. The Kier molecular flexibility index (Phi) is 74.6. The van der Waals surface area contributed by atoms with Gasteiger partial charge in [-0.1, -0.05) is 509 Å². The van der Waals surface area contributed by atoms with Crippen molar-refractivity contribution in [1.29, 1.82) is 0 Å². The van der Waals surface area contributed by atoms with Gasteiger partial charge in [0.25, 0.3) is 0 Å². The van der Waals surface area contributed by atoms with Crippen LogP contribution in [-0.4, -0.2) is 17.3 Å². The fourth-order valence-corrected chi connectivity index (χ4v) is 22.7. The van der Waals surface area contributed by atoms with Crippen LogP contribution in [0.1, 0.15) is 459 Å². The largest absolute Gasteiger partial charge is 4.00 e. The Bertz CT molecular complexity index is 3790. The molecule has 141 heavy (non-hydrogen) atoms. The standard InChI is InChI=1S/4C31H47NS3.Mo/c4*1-3-5-7-9-11-13-15-21-27-23-17-19-25-29(27)32(35,31(33)34)30-26-20-18-24-28(30)22-16-14-12-10-8-6-4-2;/h4*17-20,23-26H,3-16,21-22H2,1-2H3,(H,33,34);/q;;;;+4/p-4. The second-order valence-corrected chi connectivity index (χ2v) is 45.8. The maximum atomic E-state index is 6.32. The van der Waals surface area contributed by atoms with E-state index in [9.17, 15) is 0 Å². The Morgan fingerprint density at radius 2 is 0.241 bits per heavy atom. The molecule has 0 aromatic heterocycles. The summed E-state index contributed by atoms with van der Waals surface area (Å²) in [6, 6.07) is 68.5. The minimum atomic E-state index is 0. The summed E-state index contributed by atoms with van der Waals surface area (Å²) in [5.74, 6) is 0. The van der Waals surface area contributed by atoms with Gasteiger partial charge in [-0.3, -0.25) is 0 Å². The van der Waals surface area contributed by atoms with Crippen LogP contribution in [0.4, 0.5) is 45.5 Å². The molecule has 0 unspecified atom stereocenters. The predicted molar refractivity (Wildman–Crippen MR) is 660 cm³/mol. The molecule has 8 aromatic rings. The molecule has 0 amide bonds. The van der Waals surface area contributed by atoms with E-state index in [0.717, 1.165) is 96.9 Å². The predicted octanol–water partition coefficient (Wildman–Crippen LogP) is 40.8. The Balaban J connectivity index is 0.000000391. The van der Waals surface area contributed by atoms with Gasteiger partial charge in [0, 0.05) is 61.8 Å². The maximum absolute atomic E-state index is 6.32. The van der Waals surface area contributed by atoms with Crippen LogP contribution in [0.5, 0.6) is 0 Å². The molecule has 0 spiro atoms. The van der Waals surface area contributed by atoms with Crippen LogP contribution in [0, 0.1) is 0 Å². The number of benzene rings is 8. The van der Waals surface area contributed by atoms with Gasteiger partial charge in [-0.2, -0.15) is 0 Å². The molecule has 0 heterocycles. The summed E-state index contributed by atoms with van der Waals surface area (Å²) in [6.07, 6.45) is 81.2. The van der Waals surface area contributed by atoms with Crippen LogP contribution in [0.2, 0.25) is 0 Å².